The molecule has 3 fully saturated rings. The number of alkyl carbamates (subject to hydrolysis) is 1. The minimum absolute atomic E-state index is 0.0102. The Hall–Kier alpha value is -5.69. The van der Waals surface area contributed by atoms with E-state index in [2.05, 4.69) is 38.2 Å². The van der Waals surface area contributed by atoms with Crippen molar-refractivity contribution in [1.29, 1.82) is 0 Å². The van der Waals surface area contributed by atoms with Crippen molar-refractivity contribution in [2.24, 2.45) is 41.4 Å². The zero-order valence-electron chi connectivity index (χ0n) is 46.9. The minimum Gasteiger partial charge on any atom is -0.463 e. The normalized spacial score (nSPS) is 30.1. The van der Waals surface area contributed by atoms with E-state index < -0.39 is 73.3 Å². The van der Waals surface area contributed by atoms with Gasteiger partial charge in [-0.05, 0) is 70.8 Å². The summed E-state index contributed by atoms with van der Waals surface area (Å²) in [7, 11) is 0. The van der Waals surface area contributed by atoms with Gasteiger partial charge in [0.15, 0.2) is 18.9 Å². The van der Waals surface area contributed by atoms with Crippen LogP contribution in [0.2, 0.25) is 0 Å². The number of carbonyl (C=O) groups excluding carboxylic acids is 5. The molecule has 0 aromatic heterocycles. The SMILES string of the molecule is CC(=O)OCC1O[C@@H](OCCCC=CC[C@H](NC(=O)OCC2c3ccccc3-c3ccccc32)C(=O)OCc2ccccc2)C(C)[C@@H](C)[C@@H]1O[C@@H]1OC(COC(C)=O)[C@H](O[C@H]2OC(COC(C)=O)[C@H](C)[C@H](C)C2C)[C@H](C)C1C. The predicted molar refractivity (Wildman–Crippen MR) is 287 cm³/mol. The molecule has 78 heavy (non-hydrogen) atoms. The number of rotatable bonds is 23. The first-order chi connectivity index (χ1) is 37.4. The number of amides is 1. The van der Waals surface area contributed by atoms with Gasteiger partial charge < -0.3 is 57.4 Å². The topological polar surface area (TPSA) is 199 Å². The second kappa shape index (κ2) is 28.5. The first-order valence-corrected chi connectivity index (χ1v) is 27.7. The summed E-state index contributed by atoms with van der Waals surface area (Å²) in [4.78, 5) is 62.9. The van der Waals surface area contributed by atoms with E-state index in [-0.39, 0.29) is 98.9 Å². The number of benzene rings is 3. The number of allylic oxidation sites excluding steroid dienone is 1. The van der Waals surface area contributed by atoms with E-state index in [1.54, 1.807) is 0 Å². The largest absolute Gasteiger partial charge is 0.463 e. The van der Waals surface area contributed by atoms with Gasteiger partial charge in [0.2, 0.25) is 0 Å². The van der Waals surface area contributed by atoms with Crippen LogP contribution in [0.5, 0.6) is 0 Å². The van der Waals surface area contributed by atoms with Crippen LogP contribution in [0.4, 0.5) is 4.79 Å². The lowest BCUT2D eigenvalue weighted by Gasteiger charge is -2.50. The standard InChI is InChI=1S/C61H81NO16/c1-35-36(2)52(32-69-42(8)63)74-59(39(35)5)77-56-38(4)41(7)60(76-54(56)34-71-44(10)65)78-55-37(3)40(6)58(75-53(55)33-70-43(9)64)68-29-21-12-11-16-28-51(57(66)72-30-45-22-14-13-15-23-45)62-61(67)73-31-50-48-26-19-17-24-46(48)47-25-18-20-27-49(47)50/h11,13-20,22-27,35-41,50-56,58-60H,12,21,28-34H2,1-10H3,(H,62,67)/t35-,36+,37+,38+,39?,40?,41?,51-,52?,53?,54?,55-,56+,58+,59+,60-/m0/s1. The number of fused-ring (bicyclic) bond motifs is 3. The number of carbonyl (C=O) groups is 5. The second-order valence-electron chi connectivity index (χ2n) is 21.6. The molecule has 0 saturated carbocycles. The number of unbranched alkanes of at least 4 members (excludes halogenated alkanes) is 1. The lowest BCUT2D eigenvalue weighted by atomic mass is 9.78. The summed E-state index contributed by atoms with van der Waals surface area (Å²) in [5.41, 5.74) is 5.22. The molecule has 1 amide bonds. The van der Waals surface area contributed by atoms with Gasteiger partial charge in [-0.3, -0.25) is 14.4 Å². The van der Waals surface area contributed by atoms with Crippen molar-refractivity contribution in [3.63, 3.8) is 0 Å². The van der Waals surface area contributed by atoms with Crippen LogP contribution in [-0.4, -0.2) is 118 Å². The van der Waals surface area contributed by atoms with Gasteiger partial charge in [-0.25, -0.2) is 9.59 Å². The number of hydrogen-bond acceptors (Lipinski definition) is 16. The van der Waals surface area contributed by atoms with E-state index in [1.165, 1.54) is 20.8 Å². The molecule has 0 bridgehead atoms. The van der Waals surface area contributed by atoms with Crippen LogP contribution in [0, 0.1) is 41.4 Å². The molecule has 3 aliphatic heterocycles. The maximum Gasteiger partial charge on any atom is 0.407 e. The highest BCUT2D eigenvalue weighted by Crippen LogP contribution is 2.45. The molecule has 4 aliphatic rings. The first-order valence-electron chi connectivity index (χ1n) is 27.7. The van der Waals surface area contributed by atoms with E-state index in [0.717, 1.165) is 27.8 Å². The van der Waals surface area contributed by atoms with Gasteiger partial charge >= 0.3 is 30.0 Å². The smallest absolute Gasteiger partial charge is 0.407 e. The molecule has 3 saturated heterocycles. The average molecular weight is 1080 g/mol. The fraction of sp³-hybridized carbons (Fsp3) is 0.590. The molecule has 17 heteroatoms. The summed E-state index contributed by atoms with van der Waals surface area (Å²) in [5, 5.41) is 2.76. The summed E-state index contributed by atoms with van der Waals surface area (Å²) in [6, 6.07) is 24.5. The van der Waals surface area contributed by atoms with Gasteiger partial charge in [0.25, 0.3) is 0 Å². The molecule has 7 rings (SSSR count). The molecule has 1 aliphatic carbocycles. The van der Waals surface area contributed by atoms with E-state index in [9.17, 15) is 24.0 Å². The highest BCUT2D eigenvalue weighted by atomic mass is 16.7. The third kappa shape index (κ3) is 15.6. The first kappa shape index (κ1) is 60.0. The molecule has 426 valence electrons. The average Bonchev–Trinajstić information content (AvgIpc) is 3.86. The van der Waals surface area contributed by atoms with Crippen LogP contribution in [0.15, 0.2) is 91.0 Å². The van der Waals surface area contributed by atoms with Gasteiger partial charge in [-0.1, -0.05) is 139 Å². The summed E-state index contributed by atoms with van der Waals surface area (Å²) in [6.07, 6.45) is -0.603. The quantitative estimate of drug-likeness (QED) is 0.0407. The fourth-order valence-corrected chi connectivity index (χ4v) is 10.9. The third-order valence-corrected chi connectivity index (χ3v) is 16.3. The summed E-state index contributed by atoms with van der Waals surface area (Å²) >= 11 is 0. The third-order valence-electron chi connectivity index (χ3n) is 16.3. The molecular formula is C61H81NO16. The van der Waals surface area contributed by atoms with Crippen LogP contribution in [-0.2, 0) is 77.9 Å². The Morgan fingerprint density at radius 2 is 1.01 bits per heavy atom. The van der Waals surface area contributed by atoms with Crippen molar-refractivity contribution in [2.75, 3.05) is 33.0 Å². The van der Waals surface area contributed by atoms with E-state index in [1.807, 2.05) is 107 Å². The minimum atomic E-state index is -0.999. The molecule has 6 unspecified atom stereocenters. The molecule has 17 nitrogen and oxygen atoms in total. The van der Waals surface area contributed by atoms with E-state index in [4.69, 9.17) is 52.1 Å². The van der Waals surface area contributed by atoms with Crippen LogP contribution in [0.1, 0.15) is 111 Å². The lowest BCUT2D eigenvalue weighted by molar-refractivity contribution is -0.352. The van der Waals surface area contributed by atoms with Gasteiger partial charge in [0, 0.05) is 44.4 Å². The van der Waals surface area contributed by atoms with Gasteiger partial charge in [-0.15, -0.1) is 0 Å². The Kier molecular flexibility index (Phi) is 21.9. The number of nitrogens with one attached hydrogen (secondary N) is 1. The van der Waals surface area contributed by atoms with Crippen molar-refractivity contribution < 1.29 is 76.1 Å². The number of hydrogen-bond donors (Lipinski definition) is 1. The molecule has 3 aromatic rings. The van der Waals surface area contributed by atoms with Gasteiger partial charge in [0.1, 0.15) is 51.3 Å². The van der Waals surface area contributed by atoms with Crippen molar-refractivity contribution in [1.82, 2.24) is 5.32 Å². The van der Waals surface area contributed by atoms with Crippen molar-refractivity contribution >= 4 is 30.0 Å². The predicted octanol–water partition coefficient (Wildman–Crippen LogP) is 9.47. The Morgan fingerprint density at radius 1 is 0.526 bits per heavy atom. The number of ether oxygens (including phenoxy) is 11. The molecule has 16 atom stereocenters. The Morgan fingerprint density at radius 3 is 1.58 bits per heavy atom. The van der Waals surface area contributed by atoms with Crippen LogP contribution in [0.25, 0.3) is 11.1 Å². The van der Waals surface area contributed by atoms with E-state index >= 15 is 0 Å². The molecular weight excluding hydrogens is 1000 g/mol. The maximum atomic E-state index is 13.5. The van der Waals surface area contributed by atoms with Gasteiger partial charge in [-0.2, -0.15) is 0 Å². The monoisotopic (exact) mass is 1080 g/mol. The number of esters is 4. The van der Waals surface area contributed by atoms with Crippen LogP contribution in [0.3, 0.4) is 0 Å². The summed E-state index contributed by atoms with van der Waals surface area (Å²) < 4.78 is 67.6. The van der Waals surface area contributed by atoms with E-state index in [0.29, 0.717) is 19.4 Å². The maximum absolute atomic E-state index is 13.5. The molecule has 0 spiro atoms. The zero-order chi connectivity index (χ0) is 56.0. The molecule has 0 radical (unpaired) electrons. The van der Waals surface area contributed by atoms with Crippen molar-refractivity contribution in [2.45, 2.75) is 156 Å². The lowest BCUT2D eigenvalue weighted by Crippen LogP contribution is -2.59. The second-order valence-corrected chi connectivity index (χ2v) is 21.6. The highest BCUT2D eigenvalue weighted by Gasteiger charge is 2.51. The van der Waals surface area contributed by atoms with Crippen molar-refractivity contribution in [3.8, 4) is 11.1 Å². The summed E-state index contributed by atoms with van der Waals surface area (Å²) in [6.45, 7) is 18.9. The molecule has 3 aromatic carbocycles. The van der Waals surface area contributed by atoms with Gasteiger partial charge in [0.05, 0.1) is 24.9 Å². The van der Waals surface area contributed by atoms with Crippen LogP contribution >= 0.6 is 0 Å². The highest BCUT2D eigenvalue weighted by molar-refractivity contribution is 5.82. The summed E-state index contributed by atoms with van der Waals surface area (Å²) in [5.74, 6) is -2.49. The Bertz CT molecular complexity index is 2440. The van der Waals surface area contributed by atoms with Crippen LogP contribution < -0.4 is 5.32 Å². The molecule has 1 N–H and O–H groups in total. The Labute approximate surface area is 459 Å². The Balaban J connectivity index is 0.935. The zero-order valence-corrected chi connectivity index (χ0v) is 46.9. The molecule has 3 heterocycles. The fourth-order valence-electron chi connectivity index (χ4n) is 10.9. The van der Waals surface area contributed by atoms with Crippen molar-refractivity contribution in [3.05, 3.63) is 108 Å².